The normalized spacial score (nSPS) is 33.2. The van der Waals surface area contributed by atoms with Gasteiger partial charge in [-0.3, -0.25) is 0 Å². The molecule has 0 atom stereocenters. The van der Waals surface area contributed by atoms with Gasteiger partial charge in [-0.25, -0.2) is 8.78 Å². The van der Waals surface area contributed by atoms with Crippen LogP contribution in [-0.2, 0) is 0 Å². The summed E-state index contributed by atoms with van der Waals surface area (Å²) in [5.74, 6) is 2.64. The molecule has 22 heavy (non-hydrogen) atoms. The summed E-state index contributed by atoms with van der Waals surface area (Å²) < 4.78 is 25.3. The van der Waals surface area contributed by atoms with E-state index in [0.717, 1.165) is 31.0 Å². The Labute approximate surface area is 132 Å². The lowest BCUT2D eigenvalue weighted by molar-refractivity contribution is 0.171. The first-order valence-corrected chi connectivity index (χ1v) is 8.78. The fourth-order valence-electron chi connectivity index (χ4n) is 4.57. The Balaban J connectivity index is 1.49. The van der Waals surface area contributed by atoms with Gasteiger partial charge in [0.1, 0.15) is 5.82 Å². The molecule has 0 saturated heterocycles. The van der Waals surface area contributed by atoms with E-state index in [4.69, 9.17) is 0 Å². The van der Waals surface area contributed by atoms with Crippen LogP contribution in [-0.4, -0.2) is 0 Å². The minimum absolute atomic E-state index is 0.142. The Morgan fingerprint density at radius 3 is 1.86 bits per heavy atom. The molecule has 0 nitrogen and oxygen atoms in total. The predicted octanol–water partition coefficient (Wildman–Crippen LogP) is 6.39. The van der Waals surface area contributed by atoms with Crippen molar-refractivity contribution in [1.82, 2.24) is 0 Å². The number of hydrogen-bond donors (Lipinski definition) is 0. The average Bonchev–Trinajstić information content (AvgIpc) is 2.57. The fraction of sp³-hybridized carbons (Fsp3) is 0.600. The first kappa shape index (κ1) is 15.7. The maximum Gasteiger partial charge on any atom is 0.123 e. The van der Waals surface area contributed by atoms with Gasteiger partial charge in [0, 0.05) is 0 Å². The Morgan fingerprint density at radius 2 is 1.32 bits per heavy atom. The van der Waals surface area contributed by atoms with Crippen molar-refractivity contribution in [3.63, 3.8) is 0 Å². The fourth-order valence-corrected chi connectivity index (χ4v) is 4.57. The zero-order valence-electron chi connectivity index (χ0n) is 13.2. The minimum atomic E-state index is -0.142. The summed E-state index contributed by atoms with van der Waals surface area (Å²) >= 11 is 0. The van der Waals surface area contributed by atoms with Gasteiger partial charge in [-0.1, -0.05) is 18.2 Å². The summed E-state index contributed by atoms with van der Waals surface area (Å²) in [4.78, 5) is 0. The van der Waals surface area contributed by atoms with Gasteiger partial charge < -0.3 is 0 Å². The van der Waals surface area contributed by atoms with Gasteiger partial charge in [0.15, 0.2) is 0 Å². The zero-order chi connectivity index (χ0) is 15.4. The molecule has 0 aromatic heterocycles. The molecule has 2 fully saturated rings. The molecular formula is C20H26F2. The van der Waals surface area contributed by atoms with E-state index in [2.05, 4.69) is 0 Å². The molecule has 2 saturated carbocycles. The first-order valence-electron chi connectivity index (χ1n) is 8.78. The topological polar surface area (TPSA) is 0 Å². The standard InChI is InChI=1S/C20H26F2/c21-14-13-15-1-3-16(4-2-15)17-5-7-18(8-6-17)19-9-11-20(22)12-10-19/h9-18H,1-8H2/b14-13+. The highest BCUT2D eigenvalue weighted by Gasteiger charge is 2.30. The lowest BCUT2D eigenvalue weighted by Gasteiger charge is -2.37. The van der Waals surface area contributed by atoms with Crippen molar-refractivity contribution in [3.8, 4) is 0 Å². The average molecular weight is 304 g/mol. The summed E-state index contributed by atoms with van der Waals surface area (Å²) in [5, 5.41) is 0. The third-order valence-electron chi connectivity index (χ3n) is 5.94. The summed E-state index contributed by atoms with van der Waals surface area (Å²) in [7, 11) is 0. The van der Waals surface area contributed by atoms with Crippen molar-refractivity contribution in [2.75, 3.05) is 0 Å². The maximum absolute atomic E-state index is 13.0. The van der Waals surface area contributed by atoms with Crippen LogP contribution in [0, 0.1) is 23.6 Å². The van der Waals surface area contributed by atoms with Crippen molar-refractivity contribution in [3.05, 3.63) is 48.1 Å². The van der Waals surface area contributed by atoms with Crippen molar-refractivity contribution in [2.24, 2.45) is 17.8 Å². The highest BCUT2D eigenvalue weighted by atomic mass is 19.1. The monoisotopic (exact) mass is 304 g/mol. The van der Waals surface area contributed by atoms with Gasteiger partial charge >= 0.3 is 0 Å². The molecule has 0 bridgehead atoms. The number of benzene rings is 1. The van der Waals surface area contributed by atoms with Gasteiger partial charge in [0.2, 0.25) is 0 Å². The lowest BCUT2D eigenvalue weighted by Crippen LogP contribution is -2.25. The molecule has 0 heterocycles. The molecule has 3 rings (SSSR count). The van der Waals surface area contributed by atoms with E-state index in [1.165, 1.54) is 44.1 Å². The Hall–Kier alpha value is -1.18. The maximum atomic E-state index is 13.0. The Kier molecular flexibility index (Phi) is 5.28. The van der Waals surface area contributed by atoms with E-state index >= 15 is 0 Å². The number of hydrogen-bond acceptors (Lipinski definition) is 0. The van der Waals surface area contributed by atoms with E-state index in [9.17, 15) is 8.78 Å². The Morgan fingerprint density at radius 1 is 0.773 bits per heavy atom. The molecule has 0 N–H and O–H groups in total. The summed E-state index contributed by atoms with van der Waals surface area (Å²) in [6, 6.07) is 7.08. The molecule has 2 aliphatic rings. The third kappa shape index (κ3) is 3.77. The van der Waals surface area contributed by atoms with Crippen LogP contribution >= 0.6 is 0 Å². The number of allylic oxidation sites excluding steroid dienone is 1. The van der Waals surface area contributed by atoms with Crippen molar-refractivity contribution >= 4 is 0 Å². The SMILES string of the molecule is F/C=C/C1CCC(C2CCC(c3ccc(F)cc3)CC2)CC1. The summed E-state index contributed by atoms with van der Waals surface area (Å²) in [6.45, 7) is 0. The molecule has 0 amide bonds. The van der Waals surface area contributed by atoms with Crippen molar-refractivity contribution < 1.29 is 8.78 Å². The van der Waals surface area contributed by atoms with Crippen LogP contribution in [0.1, 0.15) is 62.8 Å². The van der Waals surface area contributed by atoms with Gasteiger partial charge in [0.25, 0.3) is 0 Å². The number of rotatable bonds is 3. The van der Waals surface area contributed by atoms with E-state index in [-0.39, 0.29) is 5.82 Å². The minimum Gasteiger partial charge on any atom is -0.216 e. The van der Waals surface area contributed by atoms with E-state index in [0.29, 0.717) is 11.8 Å². The van der Waals surface area contributed by atoms with Crippen LogP contribution in [0.5, 0.6) is 0 Å². The van der Waals surface area contributed by atoms with Crippen LogP contribution in [0.4, 0.5) is 8.78 Å². The summed E-state index contributed by atoms with van der Waals surface area (Å²) in [6.07, 6.45) is 12.4. The van der Waals surface area contributed by atoms with Crippen LogP contribution in [0.25, 0.3) is 0 Å². The second kappa shape index (κ2) is 7.39. The predicted molar refractivity (Wildman–Crippen MR) is 86.8 cm³/mol. The van der Waals surface area contributed by atoms with Gasteiger partial charge in [-0.15, -0.1) is 0 Å². The molecule has 1 aromatic rings. The van der Waals surface area contributed by atoms with Gasteiger partial charge in [-0.05, 0) is 92.7 Å². The van der Waals surface area contributed by atoms with E-state index in [1.807, 2.05) is 12.1 Å². The van der Waals surface area contributed by atoms with E-state index in [1.54, 1.807) is 18.2 Å². The molecule has 0 unspecified atom stereocenters. The molecule has 1 aromatic carbocycles. The molecule has 2 heteroatoms. The second-order valence-electron chi connectivity index (χ2n) is 7.16. The first-order chi connectivity index (χ1) is 10.8. The lowest BCUT2D eigenvalue weighted by atomic mass is 9.68. The smallest absolute Gasteiger partial charge is 0.123 e. The highest BCUT2D eigenvalue weighted by molar-refractivity contribution is 5.21. The van der Waals surface area contributed by atoms with Crippen LogP contribution in [0.15, 0.2) is 36.7 Å². The summed E-state index contributed by atoms with van der Waals surface area (Å²) in [5.41, 5.74) is 1.30. The quantitative estimate of drug-likeness (QED) is 0.607. The molecule has 2 aliphatic carbocycles. The molecule has 120 valence electrons. The molecule has 0 radical (unpaired) electrons. The molecule has 0 aliphatic heterocycles. The number of halogens is 2. The van der Waals surface area contributed by atoms with Gasteiger partial charge in [-0.2, -0.15) is 0 Å². The molecule has 0 spiro atoms. The van der Waals surface area contributed by atoms with Crippen molar-refractivity contribution in [2.45, 2.75) is 57.3 Å². The largest absolute Gasteiger partial charge is 0.216 e. The second-order valence-corrected chi connectivity index (χ2v) is 7.16. The zero-order valence-corrected chi connectivity index (χ0v) is 13.2. The molecular weight excluding hydrogens is 278 g/mol. The van der Waals surface area contributed by atoms with Crippen molar-refractivity contribution in [1.29, 1.82) is 0 Å². The highest BCUT2D eigenvalue weighted by Crippen LogP contribution is 2.44. The van der Waals surface area contributed by atoms with Gasteiger partial charge in [0.05, 0.1) is 6.33 Å². The van der Waals surface area contributed by atoms with Crippen LogP contribution in [0.2, 0.25) is 0 Å². The van der Waals surface area contributed by atoms with E-state index < -0.39 is 0 Å². The third-order valence-corrected chi connectivity index (χ3v) is 5.94. The Bertz CT molecular complexity index is 475. The van der Waals surface area contributed by atoms with Crippen LogP contribution < -0.4 is 0 Å². The van der Waals surface area contributed by atoms with Crippen LogP contribution in [0.3, 0.4) is 0 Å².